The van der Waals surface area contributed by atoms with Crippen molar-refractivity contribution in [3.63, 3.8) is 0 Å². The average molecular weight is 258 g/mol. The van der Waals surface area contributed by atoms with E-state index < -0.39 is 0 Å². The Kier molecular flexibility index (Phi) is 2.40. The van der Waals surface area contributed by atoms with Gasteiger partial charge >= 0.3 is 0 Å². The van der Waals surface area contributed by atoms with Gasteiger partial charge in [-0.1, -0.05) is 66.7 Å². The van der Waals surface area contributed by atoms with Crippen molar-refractivity contribution in [3.05, 3.63) is 89.5 Å². The van der Waals surface area contributed by atoms with Crippen molar-refractivity contribution >= 4 is 0 Å². The number of para-hydroxylation sites is 1. The van der Waals surface area contributed by atoms with Crippen LogP contribution in [0.1, 0.15) is 22.6 Å². The molecule has 20 heavy (non-hydrogen) atoms. The molecule has 1 N–H and O–H groups in total. The lowest BCUT2D eigenvalue weighted by Crippen LogP contribution is -1.99. The fourth-order valence-corrected chi connectivity index (χ4v) is 3.22. The summed E-state index contributed by atoms with van der Waals surface area (Å²) in [6.07, 6.45) is 0. The summed E-state index contributed by atoms with van der Waals surface area (Å²) in [5.74, 6) is 0.493. The van der Waals surface area contributed by atoms with Gasteiger partial charge in [-0.05, 0) is 28.3 Å². The second-order valence-corrected chi connectivity index (χ2v) is 5.17. The van der Waals surface area contributed by atoms with E-state index >= 15 is 0 Å². The molecule has 0 atom stereocenters. The summed E-state index contributed by atoms with van der Waals surface area (Å²) < 4.78 is 0. The molecule has 0 radical (unpaired) electrons. The molecule has 1 aliphatic rings. The number of phenols is 1. The summed E-state index contributed by atoms with van der Waals surface area (Å²) in [4.78, 5) is 0. The van der Waals surface area contributed by atoms with Gasteiger partial charge in [0, 0.05) is 11.5 Å². The summed E-state index contributed by atoms with van der Waals surface area (Å²) in [6, 6.07) is 24.5. The number of hydrogen-bond acceptors (Lipinski definition) is 1. The highest BCUT2D eigenvalue weighted by molar-refractivity contribution is 5.81. The maximum Gasteiger partial charge on any atom is 0.119 e. The molecule has 0 saturated carbocycles. The predicted molar refractivity (Wildman–Crippen MR) is 80.9 cm³/mol. The lowest BCUT2D eigenvalue weighted by atomic mass is 9.89. The van der Waals surface area contributed by atoms with Crippen LogP contribution in [0.3, 0.4) is 0 Å². The monoisotopic (exact) mass is 258 g/mol. The molecule has 0 unspecified atom stereocenters. The van der Waals surface area contributed by atoms with Gasteiger partial charge in [0.2, 0.25) is 0 Å². The second kappa shape index (κ2) is 4.24. The van der Waals surface area contributed by atoms with Gasteiger partial charge in [-0.25, -0.2) is 0 Å². The Morgan fingerprint density at radius 1 is 0.550 bits per heavy atom. The van der Waals surface area contributed by atoms with Crippen LogP contribution in [0.25, 0.3) is 11.1 Å². The summed E-state index contributed by atoms with van der Waals surface area (Å²) in [5.41, 5.74) is 6.07. The Morgan fingerprint density at radius 3 is 1.55 bits per heavy atom. The summed E-state index contributed by atoms with van der Waals surface area (Å²) in [7, 11) is 0. The number of benzene rings is 3. The minimum absolute atomic E-state index is 0.128. The number of fused-ring (bicyclic) bond motifs is 3. The van der Waals surface area contributed by atoms with E-state index in [0.717, 1.165) is 5.56 Å². The van der Waals surface area contributed by atoms with Gasteiger partial charge in [0.25, 0.3) is 0 Å². The highest BCUT2D eigenvalue weighted by atomic mass is 16.3. The molecule has 0 aromatic heterocycles. The second-order valence-electron chi connectivity index (χ2n) is 5.17. The van der Waals surface area contributed by atoms with Crippen molar-refractivity contribution in [2.75, 3.05) is 0 Å². The molecule has 3 aromatic carbocycles. The first-order valence-corrected chi connectivity index (χ1v) is 6.82. The van der Waals surface area contributed by atoms with Crippen LogP contribution in [0.2, 0.25) is 0 Å². The largest absolute Gasteiger partial charge is 0.508 e. The zero-order valence-corrected chi connectivity index (χ0v) is 11.0. The Labute approximate surface area is 118 Å². The fraction of sp³-hybridized carbons (Fsp3) is 0.0526. The van der Waals surface area contributed by atoms with Crippen LogP contribution >= 0.6 is 0 Å². The van der Waals surface area contributed by atoms with Crippen LogP contribution in [0.5, 0.6) is 5.75 Å². The molecule has 3 aromatic rings. The lowest BCUT2D eigenvalue weighted by Gasteiger charge is -2.15. The predicted octanol–water partition coefficient (Wildman–Crippen LogP) is 4.55. The van der Waals surface area contributed by atoms with Crippen molar-refractivity contribution in [2.24, 2.45) is 0 Å². The molecule has 0 bridgehead atoms. The lowest BCUT2D eigenvalue weighted by molar-refractivity contribution is 0.467. The van der Waals surface area contributed by atoms with Crippen LogP contribution in [0, 0.1) is 0 Å². The molecule has 0 aliphatic heterocycles. The van der Waals surface area contributed by atoms with Crippen LogP contribution in [-0.4, -0.2) is 5.11 Å². The molecule has 0 heterocycles. The first-order valence-electron chi connectivity index (χ1n) is 6.82. The van der Waals surface area contributed by atoms with Gasteiger partial charge in [0.05, 0.1) is 0 Å². The molecule has 0 saturated heterocycles. The third-order valence-electron chi connectivity index (χ3n) is 4.08. The number of rotatable bonds is 1. The Bertz CT molecular complexity index is 744. The highest BCUT2D eigenvalue weighted by Crippen LogP contribution is 2.49. The van der Waals surface area contributed by atoms with Gasteiger partial charge < -0.3 is 5.11 Å². The van der Waals surface area contributed by atoms with Crippen LogP contribution in [-0.2, 0) is 0 Å². The van der Waals surface area contributed by atoms with E-state index in [1.165, 1.54) is 22.3 Å². The van der Waals surface area contributed by atoms with E-state index in [1.807, 2.05) is 18.2 Å². The molecule has 1 nitrogen and oxygen atoms in total. The zero-order chi connectivity index (χ0) is 13.5. The molecule has 1 aliphatic carbocycles. The summed E-state index contributed by atoms with van der Waals surface area (Å²) in [6.45, 7) is 0. The summed E-state index contributed by atoms with van der Waals surface area (Å²) in [5, 5.41) is 10.2. The number of phenolic OH excluding ortho intramolecular Hbond substituents is 1. The van der Waals surface area contributed by atoms with Crippen molar-refractivity contribution in [1.82, 2.24) is 0 Å². The third-order valence-corrected chi connectivity index (χ3v) is 4.08. The number of hydrogen-bond donors (Lipinski definition) is 1. The SMILES string of the molecule is Oc1ccccc1C1c2ccccc2-c2ccccc21. The molecule has 0 amide bonds. The summed E-state index contributed by atoms with van der Waals surface area (Å²) >= 11 is 0. The Balaban J connectivity index is 2.03. The third kappa shape index (κ3) is 1.50. The first-order chi connectivity index (χ1) is 9.86. The van der Waals surface area contributed by atoms with E-state index in [9.17, 15) is 5.11 Å². The molecule has 1 heteroatoms. The van der Waals surface area contributed by atoms with E-state index in [0.29, 0.717) is 5.75 Å². The van der Waals surface area contributed by atoms with Crippen molar-refractivity contribution < 1.29 is 5.11 Å². The molecule has 0 fully saturated rings. The van der Waals surface area contributed by atoms with Crippen LogP contribution in [0.4, 0.5) is 0 Å². The molecule has 96 valence electrons. The van der Waals surface area contributed by atoms with Crippen molar-refractivity contribution in [2.45, 2.75) is 5.92 Å². The maximum absolute atomic E-state index is 10.2. The smallest absolute Gasteiger partial charge is 0.119 e. The van der Waals surface area contributed by atoms with E-state index in [4.69, 9.17) is 0 Å². The van der Waals surface area contributed by atoms with Gasteiger partial charge in [0.1, 0.15) is 5.75 Å². The number of aromatic hydroxyl groups is 1. The average Bonchev–Trinajstić information content (AvgIpc) is 2.83. The Hall–Kier alpha value is -2.54. The van der Waals surface area contributed by atoms with E-state index in [1.54, 1.807) is 6.07 Å². The molecule has 0 spiro atoms. The van der Waals surface area contributed by atoms with Crippen LogP contribution in [0.15, 0.2) is 72.8 Å². The molecular weight excluding hydrogens is 244 g/mol. The highest BCUT2D eigenvalue weighted by Gasteiger charge is 2.30. The van der Waals surface area contributed by atoms with Gasteiger partial charge in [0.15, 0.2) is 0 Å². The standard InChI is InChI=1S/C19H14O/c20-18-12-6-5-11-17(18)19-15-9-3-1-7-13(15)14-8-2-4-10-16(14)19/h1-12,19-20H. The molecule has 4 rings (SSSR count). The molecular formula is C19H14O. The maximum atomic E-state index is 10.2. The van der Waals surface area contributed by atoms with Gasteiger partial charge in [-0.3, -0.25) is 0 Å². The first kappa shape index (κ1) is 11.3. The van der Waals surface area contributed by atoms with Crippen molar-refractivity contribution in [1.29, 1.82) is 0 Å². The van der Waals surface area contributed by atoms with Crippen molar-refractivity contribution in [3.8, 4) is 16.9 Å². The van der Waals surface area contributed by atoms with Crippen LogP contribution < -0.4 is 0 Å². The minimum atomic E-state index is 0.128. The van der Waals surface area contributed by atoms with Gasteiger partial charge in [-0.15, -0.1) is 0 Å². The topological polar surface area (TPSA) is 20.2 Å². The van der Waals surface area contributed by atoms with Gasteiger partial charge in [-0.2, -0.15) is 0 Å². The van der Waals surface area contributed by atoms with E-state index in [2.05, 4.69) is 48.5 Å². The Morgan fingerprint density at radius 2 is 1.00 bits per heavy atom. The van der Waals surface area contributed by atoms with E-state index in [-0.39, 0.29) is 5.92 Å². The minimum Gasteiger partial charge on any atom is -0.508 e. The fourth-order valence-electron chi connectivity index (χ4n) is 3.22. The normalized spacial score (nSPS) is 13.0. The quantitative estimate of drug-likeness (QED) is 0.531. The zero-order valence-electron chi connectivity index (χ0n) is 11.0.